The van der Waals surface area contributed by atoms with Crippen LogP contribution in [0.5, 0.6) is 0 Å². The fourth-order valence-electron chi connectivity index (χ4n) is 3.13. The van der Waals surface area contributed by atoms with Crippen LogP contribution in [0.15, 0.2) is 72.8 Å². The quantitative estimate of drug-likeness (QED) is 0.299. The predicted molar refractivity (Wildman–Crippen MR) is 115 cm³/mol. The average molecular weight is 401 g/mol. The number of hydrogen-bond donors (Lipinski definition) is 1. The van der Waals surface area contributed by atoms with Crippen molar-refractivity contribution in [2.24, 2.45) is 0 Å². The number of fused-ring (bicyclic) bond motifs is 1. The number of esters is 1. The summed E-state index contributed by atoms with van der Waals surface area (Å²) in [5.41, 5.74) is 9.57. The molecule has 1 N–H and O–H groups in total. The first-order chi connectivity index (χ1) is 14.3. The number of nitrogens with zero attached hydrogens (tertiary/aromatic N) is 2. The molecule has 30 heavy (non-hydrogen) atoms. The molecular formula is C24H23N3O3. The van der Waals surface area contributed by atoms with Crippen LogP contribution in [0.25, 0.3) is 16.3 Å². The standard InChI is InChI=1S/C24H23N3O3/c1-24(2,3)30-23(29)21(27-25)20(17-11-5-4-6-12-17)26-22(28)19-15-9-13-16-10-7-8-14-18(16)19/h4-15,20H,1-3H3,(H,26,28). The molecule has 0 aliphatic rings. The molecule has 1 amide bonds. The van der Waals surface area contributed by atoms with Crippen molar-refractivity contribution >= 4 is 28.4 Å². The van der Waals surface area contributed by atoms with Gasteiger partial charge in [-0.25, -0.2) is 4.79 Å². The highest BCUT2D eigenvalue weighted by Crippen LogP contribution is 2.21. The number of hydrogen-bond acceptors (Lipinski definition) is 3. The topological polar surface area (TPSA) is 91.8 Å². The Balaban J connectivity index is 2.00. The molecule has 3 aromatic carbocycles. The highest BCUT2D eigenvalue weighted by atomic mass is 16.6. The maximum absolute atomic E-state index is 13.2. The van der Waals surface area contributed by atoms with Crippen molar-refractivity contribution in [2.45, 2.75) is 32.4 Å². The molecule has 0 fully saturated rings. The molecule has 0 spiro atoms. The van der Waals surface area contributed by atoms with Gasteiger partial charge in [0, 0.05) is 5.56 Å². The maximum atomic E-state index is 13.2. The van der Waals surface area contributed by atoms with Crippen LogP contribution < -0.4 is 5.32 Å². The van der Waals surface area contributed by atoms with Crippen molar-refractivity contribution < 1.29 is 19.1 Å². The van der Waals surface area contributed by atoms with E-state index in [4.69, 9.17) is 4.74 Å². The summed E-state index contributed by atoms with van der Waals surface area (Å²) < 4.78 is 5.37. The Morgan fingerprint density at radius 3 is 2.23 bits per heavy atom. The smallest absolute Gasteiger partial charge is 0.420 e. The SMILES string of the molecule is CC(C)(C)OC(=O)C(=[N+]=[N-])C(NC(=O)c1cccc2ccccc12)c1ccccc1. The van der Waals surface area contributed by atoms with Gasteiger partial charge in [-0.05, 0) is 43.2 Å². The van der Waals surface area contributed by atoms with Crippen molar-refractivity contribution in [1.82, 2.24) is 5.32 Å². The van der Waals surface area contributed by atoms with Crippen LogP contribution in [0.2, 0.25) is 0 Å². The molecule has 0 aliphatic heterocycles. The molecule has 0 saturated heterocycles. The second-order valence-electron chi connectivity index (χ2n) is 7.83. The number of rotatable bonds is 5. The van der Waals surface area contributed by atoms with Crippen LogP contribution >= 0.6 is 0 Å². The van der Waals surface area contributed by atoms with Gasteiger partial charge in [0.2, 0.25) is 0 Å². The van der Waals surface area contributed by atoms with E-state index in [9.17, 15) is 15.1 Å². The molecule has 6 nitrogen and oxygen atoms in total. The summed E-state index contributed by atoms with van der Waals surface area (Å²) in [5, 5.41) is 4.53. The van der Waals surface area contributed by atoms with Gasteiger partial charge in [-0.15, -0.1) is 0 Å². The summed E-state index contributed by atoms with van der Waals surface area (Å²) in [6, 6.07) is 20.8. The maximum Gasteiger partial charge on any atom is 0.420 e. The number of amides is 1. The lowest BCUT2D eigenvalue weighted by Crippen LogP contribution is -2.40. The molecule has 0 radical (unpaired) electrons. The zero-order valence-electron chi connectivity index (χ0n) is 17.1. The van der Waals surface area contributed by atoms with Crippen LogP contribution in [0, 0.1) is 0 Å². The molecule has 0 heterocycles. The number of carbonyl (C=O) groups excluding carboxylic acids is 2. The van der Waals surface area contributed by atoms with Gasteiger partial charge >= 0.3 is 11.7 Å². The van der Waals surface area contributed by atoms with E-state index in [1.807, 2.05) is 36.4 Å². The Morgan fingerprint density at radius 2 is 1.57 bits per heavy atom. The minimum atomic E-state index is -0.988. The third kappa shape index (κ3) is 4.80. The van der Waals surface area contributed by atoms with E-state index in [0.717, 1.165) is 10.8 Å². The monoisotopic (exact) mass is 401 g/mol. The third-order valence-corrected chi connectivity index (χ3v) is 4.43. The van der Waals surface area contributed by atoms with Crippen LogP contribution in [-0.4, -0.2) is 28.0 Å². The summed E-state index contributed by atoms with van der Waals surface area (Å²) in [6.07, 6.45) is 0. The summed E-state index contributed by atoms with van der Waals surface area (Å²) >= 11 is 0. The van der Waals surface area contributed by atoms with E-state index in [2.05, 4.69) is 10.1 Å². The second-order valence-corrected chi connectivity index (χ2v) is 7.83. The predicted octanol–water partition coefficient (Wildman–Crippen LogP) is 4.32. The minimum Gasteiger partial charge on any atom is -0.451 e. The van der Waals surface area contributed by atoms with Gasteiger partial charge in [0.1, 0.15) is 5.60 Å². The summed E-state index contributed by atoms with van der Waals surface area (Å²) in [4.78, 5) is 29.0. The van der Waals surface area contributed by atoms with Crippen molar-refractivity contribution in [3.8, 4) is 0 Å². The van der Waals surface area contributed by atoms with E-state index >= 15 is 0 Å². The third-order valence-electron chi connectivity index (χ3n) is 4.43. The minimum absolute atomic E-state index is 0.301. The van der Waals surface area contributed by atoms with Crippen LogP contribution in [0.1, 0.15) is 42.7 Å². The Kier molecular flexibility index (Phi) is 6.09. The van der Waals surface area contributed by atoms with E-state index in [1.54, 1.807) is 57.2 Å². The van der Waals surface area contributed by atoms with Gasteiger partial charge in [0.15, 0.2) is 6.04 Å². The highest BCUT2D eigenvalue weighted by molar-refractivity contribution is 6.36. The molecule has 0 bridgehead atoms. The van der Waals surface area contributed by atoms with Gasteiger partial charge in [-0.2, -0.15) is 4.79 Å². The van der Waals surface area contributed by atoms with Gasteiger partial charge < -0.3 is 15.6 Å². The Labute approximate surface area is 175 Å². The molecule has 6 heteroatoms. The lowest BCUT2D eigenvalue weighted by atomic mass is 9.99. The van der Waals surface area contributed by atoms with Crippen molar-refractivity contribution in [2.75, 3.05) is 0 Å². The normalized spacial score (nSPS) is 12.0. The lowest BCUT2D eigenvalue weighted by molar-refractivity contribution is -0.151. The second kappa shape index (κ2) is 8.72. The van der Waals surface area contributed by atoms with Crippen LogP contribution in [0.4, 0.5) is 0 Å². The number of nitrogens with one attached hydrogen (secondary N) is 1. The van der Waals surface area contributed by atoms with Crippen molar-refractivity contribution in [3.63, 3.8) is 0 Å². The van der Waals surface area contributed by atoms with E-state index < -0.39 is 23.5 Å². The number of benzene rings is 3. The van der Waals surface area contributed by atoms with E-state index in [0.29, 0.717) is 11.1 Å². The van der Waals surface area contributed by atoms with Crippen molar-refractivity contribution in [1.29, 1.82) is 0 Å². The molecule has 3 aromatic rings. The highest BCUT2D eigenvalue weighted by Gasteiger charge is 2.37. The molecular weight excluding hydrogens is 378 g/mol. The molecule has 0 saturated carbocycles. The molecule has 0 aromatic heterocycles. The molecule has 3 rings (SSSR count). The molecule has 152 valence electrons. The first kappa shape index (κ1) is 21.0. The van der Waals surface area contributed by atoms with E-state index in [1.165, 1.54) is 0 Å². The largest absolute Gasteiger partial charge is 0.451 e. The molecule has 1 atom stereocenters. The average Bonchev–Trinajstić information content (AvgIpc) is 2.72. The summed E-state index contributed by atoms with van der Waals surface area (Å²) in [7, 11) is 0. The van der Waals surface area contributed by atoms with Crippen molar-refractivity contribution in [3.05, 3.63) is 89.5 Å². The lowest BCUT2D eigenvalue weighted by Gasteiger charge is -2.20. The van der Waals surface area contributed by atoms with Gasteiger partial charge in [0.05, 0.1) is 0 Å². The number of carbonyl (C=O) groups is 2. The fraction of sp³-hybridized carbons (Fsp3) is 0.208. The van der Waals surface area contributed by atoms with E-state index in [-0.39, 0.29) is 5.71 Å². The summed E-state index contributed by atoms with van der Waals surface area (Å²) in [5.74, 6) is -1.21. The van der Waals surface area contributed by atoms with Gasteiger partial charge in [0.25, 0.3) is 5.91 Å². The Hall–Kier alpha value is -3.76. The fourth-order valence-corrected chi connectivity index (χ4v) is 3.13. The van der Waals surface area contributed by atoms with Crippen LogP contribution in [-0.2, 0) is 9.53 Å². The zero-order valence-corrected chi connectivity index (χ0v) is 17.1. The first-order valence-electron chi connectivity index (χ1n) is 9.59. The molecule has 1 unspecified atom stereocenters. The summed E-state index contributed by atoms with van der Waals surface area (Å²) in [6.45, 7) is 5.14. The Morgan fingerprint density at radius 1 is 0.933 bits per heavy atom. The number of ether oxygens (including phenoxy) is 1. The molecule has 0 aliphatic carbocycles. The first-order valence-corrected chi connectivity index (χ1v) is 9.59. The van der Waals surface area contributed by atoms with Gasteiger partial charge in [-0.3, -0.25) is 4.79 Å². The van der Waals surface area contributed by atoms with Crippen LogP contribution in [0.3, 0.4) is 0 Å². The van der Waals surface area contributed by atoms with Gasteiger partial charge in [-0.1, -0.05) is 66.7 Å². The Bertz CT molecular complexity index is 1120. The zero-order chi connectivity index (χ0) is 21.7.